The van der Waals surface area contributed by atoms with Crippen molar-refractivity contribution in [2.45, 2.75) is 44.8 Å². The van der Waals surface area contributed by atoms with Crippen LogP contribution in [0.2, 0.25) is 0 Å². The van der Waals surface area contributed by atoms with Crippen LogP contribution < -0.4 is 0 Å². The van der Waals surface area contributed by atoms with Gasteiger partial charge in [0.2, 0.25) is 0 Å². The number of piperidine rings is 1. The van der Waals surface area contributed by atoms with Crippen LogP contribution in [0.5, 0.6) is 0 Å². The van der Waals surface area contributed by atoms with Crippen LogP contribution in [0.15, 0.2) is 48.5 Å². The van der Waals surface area contributed by atoms with Gasteiger partial charge < -0.3 is 4.74 Å². The quantitative estimate of drug-likeness (QED) is 0.802. The summed E-state index contributed by atoms with van der Waals surface area (Å²) in [5, 5.41) is 0. The summed E-state index contributed by atoms with van der Waals surface area (Å²) in [5.41, 5.74) is 2.69. The van der Waals surface area contributed by atoms with Gasteiger partial charge in [0.05, 0.1) is 13.2 Å². The maximum Gasteiger partial charge on any atom is 0.140 e. The monoisotopic (exact) mass is 367 g/mol. The van der Waals surface area contributed by atoms with Crippen LogP contribution in [-0.4, -0.2) is 36.0 Å². The number of nitrogens with zero attached hydrogens (tertiary/aromatic N) is 1. The summed E-state index contributed by atoms with van der Waals surface area (Å²) < 4.78 is 19.6. The third-order valence-electron chi connectivity index (χ3n) is 5.95. The first-order chi connectivity index (χ1) is 13.1. The Kier molecular flexibility index (Phi) is 5.37. The highest BCUT2D eigenvalue weighted by Gasteiger charge is 2.41. The molecule has 2 unspecified atom stereocenters. The fourth-order valence-corrected chi connectivity index (χ4v) is 4.40. The van der Waals surface area contributed by atoms with Crippen molar-refractivity contribution in [1.82, 2.24) is 4.90 Å². The van der Waals surface area contributed by atoms with Gasteiger partial charge in [0, 0.05) is 31.0 Å². The highest BCUT2D eigenvalue weighted by atomic mass is 19.1. The topological polar surface area (TPSA) is 29.5 Å². The normalized spacial score (nSPS) is 25.3. The van der Waals surface area contributed by atoms with E-state index in [4.69, 9.17) is 4.74 Å². The summed E-state index contributed by atoms with van der Waals surface area (Å²) in [4.78, 5) is 15.4. The molecular weight excluding hydrogens is 341 g/mol. The second-order valence-electron chi connectivity index (χ2n) is 7.90. The van der Waals surface area contributed by atoms with Gasteiger partial charge in [-0.15, -0.1) is 0 Å². The van der Waals surface area contributed by atoms with Gasteiger partial charge in [-0.05, 0) is 42.5 Å². The lowest BCUT2D eigenvalue weighted by molar-refractivity contribution is -0.133. The van der Waals surface area contributed by atoms with Crippen molar-refractivity contribution >= 4 is 5.78 Å². The van der Waals surface area contributed by atoms with Crippen LogP contribution in [0.3, 0.4) is 0 Å². The molecule has 2 atom stereocenters. The average Bonchev–Trinajstić information content (AvgIpc) is 2.65. The lowest BCUT2D eigenvalue weighted by Crippen LogP contribution is -2.57. The molecule has 0 amide bonds. The molecule has 4 rings (SSSR count). The van der Waals surface area contributed by atoms with E-state index in [1.54, 1.807) is 13.0 Å². The lowest BCUT2D eigenvalue weighted by Gasteiger charge is -2.48. The molecule has 0 aromatic heterocycles. The van der Waals surface area contributed by atoms with Gasteiger partial charge in [-0.3, -0.25) is 9.69 Å². The minimum absolute atomic E-state index is 0.0419. The second-order valence-corrected chi connectivity index (χ2v) is 7.90. The number of rotatable bonds is 5. The first kappa shape index (κ1) is 18.3. The van der Waals surface area contributed by atoms with Crippen LogP contribution in [-0.2, 0) is 22.5 Å². The summed E-state index contributed by atoms with van der Waals surface area (Å²) in [7, 11) is 0. The van der Waals surface area contributed by atoms with E-state index in [1.807, 2.05) is 12.1 Å². The Morgan fingerprint density at radius 3 is 2.44 bits per heavy atom. The molecule has 2 aromatic carbocycles. The molecule has 27 heavy (non-hydrogen) atoms. The Labute approximate surface area is 160 Å². The molecule has 2 bridgehead atoms. The number of morpholine rings is 1. The van der Waals surface area contributed by atoms with Crippen LogP contribution >= 0.6 is 0 Å². The Bertz CT molecular complexity index is 793. The predicted molar refractivity (Wildman–Crippen MR) is 103 cm³/mol. The molecule has 2 heterocycles. The van der Waals surface area contributed by atoms with Crippen LogP contribution in [0.1, 0.15) is 29.5 Å². The second kappa shape index (κ2) is 7.91. The lowest BCUT2D eigenvalue weighted by atomic mass is 9.80. The van der Waals surface area contributed by atoms with Crippen molar-refractivity contribution in [3.05, 3.63) is 71.0 Å². The minimum atomic E-state index is -0.233. The molecule has 0 aliphatic carbocycles. The molecule has 3 nitrogen and oxygen atoms in total. The highest BCUT2D eigenvalue weighted by Crippen LogP contribution is 2.34. The zero-order chi connectivity index (χ0) is 18.8. The van der Waals surface area contributed by atoms with Crippen LogP contribution in [0.25, 0.3) is 0 Å². The van der Waals surface area contributed by atoms with Gasteiger partial charge in [0.25, 0.3) is 0 Å². The first-order valence-electron chi connectivity index (χ1n) is 9.75. The number of ketones is 1. The van der Waals surface area contributed by atoms with E-state index in [0.717, 1.165) is 24.9 Å². The Morgan fingerprint density at radius 1 is 1.07 bits per heavy atom. The molecule has 0 spiro atoms. The number of aryl methyl sites for hydroxylation is 1. The number of hydrogen-bond donors (Lipinski definition) is 0. The molecule has 2 fully saturated rings. The standard InChI is InChI=1S/C23H26FNO2/c1-16-7-8-18(9-22(16)24)10-23(26)19-11-20-14-27-15-21(12-19)25(20)13-17-5-3-2-4-6-17/h2-9,19-21H,10-15H2,1H3. The fraction of sp³-hybridized carbons (Fsp3) is 0.435. The van der Waals surface area contributed by atoms with E-state index in [2.05, 4.69) is 29.2 Å². The van der Waals surface area contributed by atoms with E-state index < -0.39 is 0 Å². The predicted octanol–water partition coefficient (Wildman–Crippen LogP) is 3.93. The van der Waals surface area contributed by atoms with E-state index in [9.17, 15) is 9.18 Å². The van der Waals surface area contributed by atoms with E-state index in [0.29, 0.717) is 25.2 Å². The molecular formula is C23H26FNO2. The molecule has 142 valence electrons. The van der Waals surface area contributed by atoms with E-state index in [1.165, 1.54) is 11.6 Å². The highest BCUT2D eigenvalue weighted by molar-refractivity contribution is 5.83. The molecule has 2 aromatic rings. The van der Waals surface area contributed by atoms with Crippen molar-refractivity contribution < 1.29 is 13.9 Å². The zero-order valence-corrected chi connectivity index (χ0v) is 15.7. The van der Waals surface area contributed by atoms with Crippen LogP contribution in [0, 0.1) is 18.7 Å². The average molecular weight is 367 g/mol. The third kappa shape index (κ3) is 4.12. The molecule has 0 N–H and O–H groups in total. The Hall–Kier alpha value is -2.04. The SMILES string of the molecule is Cc1ccc(CC(=O)C2CC3COCC(C2)N3Cc2ccccc2)cc1F. The maximum absolute atomic E-state index is 13.8. The van der Waals surface area contributed by atoms with Crippen molar-refractivity contribution in [3.8, 4) is 0 Å². The summed E-state index contributed by atoms with van der Waals surface area (Å²) >= 11 is 0. The number of ether oxygens (including phenoxy) is 1. The number of carbonyl (C=O) groups excluding carboxylic acids is 1. The molecule has 4 heteroatoms. The fourth-order valence-electron chi connectivity index (χ4n) is 4.40. The summed E-state index contributed by atoms with van der Waals surface area (Å²) in [6.45, 7) is 4.02. The number of halogens is 1. The summed E-state index contributed by atoms with van der Waals surface area (Å²) in [6.07, 6.45) is 1.98. The van der Waals surface area contributed by atoms with Gasteiger partial charge in [-0.2, -0.15) is 0 Å². The smallest absolute Gasteiger partial charge is 0.140 e. The molecule has 2 saturated heterocycles. The maximum atomic E-state index is 13.8. The number of benzene rings is 2. The number of hydrogen-bond acceptors (Lipinski definition) is 3. The molecule has 0 radical (unpaired) electrons. The van der Waals surface area contributed by atoms with E-state index >= 15 is 0 Å². The Morgan fingerprint density at radius 2 is 1.78 bits per heavy atom. The van der Waals surface area contributed by atoms with Crippen LogP contribution in [0.4, 0.5) is 4.39 Å². The Balaban J connectivity index is 1.43. The van der Waals surface area contributed by atoms with Gasteiger partial charge in [-0.25, -0.2) is 4.39 Å². The first-order valence-corrected chi connectivity index (χ1v) is 9.75. The van der Waals surface area contributed by atoms with Crippen molar-refractivity contribution in [3.63, 3.8) is 0 Å². The van der Waals surface area contributed by atoms with Gasteiger partial charge in [0.1, 0.15) is 11.6 Å². The zero-order valence-electron chi connectivity index (χ0n) is 15.7. The largest absolute Gasteiger partial charge is 0.378 e. The summed E-state index contributed by atoms with van der Waals surface area (Å²) in [5.74, 6) is 0.0399. The van der Waals surface area contributed by atoms with Crippen molar-refractivity contribution in [1.29, 1.82) is 0 Å². The minimum Gasteiger partial charge on any atom is -0.378 e. The molecule has 2 aliphatic heterocycles. The molecule has 0 saturated carbocycles. The number of fused-ring (bicyclic) bond motifs is 2. The van der Waals surface area contributed by atoms with Crippen molar-refractivity contribution in [2.24, 2.45) is 5.92 Å². The number of Topliss-reactive ketones (excluding diaryl/α,β-unsaturated/α-hetero) is 1. The van der Waals surface area contributed by atoms with Gasteiger partial charge in [0.15, 0.2) is 0 Å². The third-order valence-corrected chi connectivity index (χ3v) is 5.95. The van der Waals surface area contributed by atoms with E-state index in [-0.39, 0.29) is 29.6 Å². The van der Waals surface area contributed by atoms with Gasteiger partial charge in [-0.1, -0.05) is 42.5 Å². The summed E-state index contributed by atoms with van der Waals surface area (Å²) in [6, 6.07) is 16.2. The van der Waals surface area contributed by atoms with Gasteiger partial charge >= 0.3 is 0 Å². The number of carbonyl (C=O) groups is 1. The van der Waals surface area contributed by atoms with Crippen molar-refractivity contribution in [2.75, 3.05) is 13.2 Å². The molecule has 2 aliphatic rings.